The van der Waals surface area contributed by atoms with E-state index in [9.17, 15) is 9.90 Å². The molecule has 160 valence electrons. The van der Waals surface area contributed by atoms with Gasteiger partial charge in [0, 0.05) is 19.5 Å². The van der Waals surface area contributed by atoms with E-state index < -0.39 is 6.10 Å². The van der Waals surface area contributed by atoms with Crippen LogP contribution in [0.25, 0.3) is 0 Å². The molecule has 0 saturated heterocycles. The number of carbonyl (C=O) groups is 1. The third kappa shape index (κ3) is 12.9. The maximum Gasteiger partial charge on any atom is 0.234 e. The van der Waals surface area contributed by atoms with Gasteiger partial charge in [-0.15, -0.1) is 0 Å². The zero-order valence-electron chi connectivity index (χ0n) is 18.2. The lowest BCUT2D eigenvalue weighted by atomic mass is 10.1. The minimum Gasteiger partial charge on any atom is -0.391 e. The van der Waals surface area contributed by atoms with E-state index in [-0.39, 0.29) is 5.91 Å². The Kier molecular flexibility index (Phi) is 14.6. The number of nitrogens with one attached hydrogen (secondary N) is 1. The molecule has 0 aliphatic rings. The van der Waals surface area contributed by atoms with Crippen LogP contribution in [0.1, 0.15) is 90.0 Å². The normalized spacial score (nSPS) is 12.3. The largest absolute Gasteiger partial charge is 0.391 e. The van der Waals surface area contributed by atoms with Gasteiger partial charge in [0.25, 0.3) is 0 Å². The van der Waals surface area contributed by atoms with Crippen LogP contribution in [0.5, 0.6) is 0 Å². The number of amides is 1. The SMILES string of the molecule is CCCCCCCCCCCC(=O)NN(CCC)CC(O)Cc1ccccc1. The monoisotopic (exact) mass is 390 g/mol. The number of hydrazine groups is 1. The summed E-state index contributed by atoms with van der Waals surface area (Å²) < 4.78 is 0. The average molecular weight is 391 g/mol. The Labute approximate surface area is 172 Å². The van der Waals surface area contributed by atoms with Crippen molar-refractivity contribution in [3.8, 4) is 0 Å². The Hall–Kier alpha value is -1.39. The quantitative estimate of drug-likeness (QED) is 0.282. The molecule has 0 aliphatic carbocycles. The van der Waals surface area contributed by atoms with Crippen molar-refractivity contribution in [3.63, 3.8) is 0 Å². The third-order valence-electron chi connectivity index (χ3n) is 5.03. The molecule has 0 bridgehead atoms. The van der Waals surface area contributed by atoms with Crippen molar-refractivity contribution in [2.45, 2.75) is 97.0 Å². The van der Waals surface area contributed by atoms with Crippen LogP contribution < -0.4 is 5.43 Å². The smallest absolute Gasteiger partial charge is 0.234 e. The van der Waals surface area contributed by atoms with Gasteiger partial charge >= 0.3 is 0 Å². The standard InChI is InChI=1S/C24H42N2O2/c1-3-5-6-7-8-9-10-11-15-18-24(28)25-26(19-4-2)21-23(27)20-22-16-13-12-14-17-22/h12-14,16-17,23,27H,3-11,15,18-21H2,1-2H3,(H,25,28). The van der Waals surface area contributed by atoms with E-state index in [1.165, 1.54) is 44.9 Å². The molecule has 1 aromatic carbocycles. The lowest BCUT2D eigenvalue weighted by Crippen LogP contribution is -2.46. The van der Waals surface area contributed by atoms with Gasteiger partial charge in [0.1, 0.15) is 0 Å². The number of rotatable bonds is 17. The molecule has 0 aliphatic heterocycles. The highest BCUT2D eigenvalue weighted by molar-refractivity contribution is 5.75. The van der Waals surface area contributed by atoms with Crippen LogP contribution in [0.2, 0.25) is 0 Å². The lowest BCUT2D eigenvalue weighted by Gasteiger charge is -2.25. The van der Waals surface area contributed by atoms with Crippen molar-refractivity contribution in [2.24, 2.45) is 0 Å². The molecule has 0 heterocycles. The molecule has 2 N–H and O–H groups in total. The molecule has 0 saturated carbocycles. The summed E-state index contributed by atoms with van der Waals surface area (Å²) in [5.74, 6) is 0.0725. The fourth-order valence-electron chi connectivity index (χ4n) is 3.50. The van der Waals surface area contributed by atoms with Crippen molar-refractivity contribution in [1.82, 2.24) is 10.4 Å². The van der Waals surface area contributed by atoms with Crippen molar-refractivity contribution in [1.29, 1.82) is 0 Å². The van der Waals surface area contributed by atoms with Gasteiger partial charge in [-0.25, -0.2) is 5.01 Å². The molecular formula is C24H42N2O2. The van der Waals surface area contributed by atoms with Crippen molar-refractivity contribution >= 4 is 5.91 Å². The number of hydrogen-bond donors (Lipinski definition) is 2. The van der Waals surface area contributed by atoms with Gasteiger partial charge < -0.3 is 5.11 Å². The minimum atomic E-state index is -0.484. The molecule has 1 rings (SSSR count). The van der Waals surface area contributed by atoms with E-state index in [0.29, 0.717) is 19.4 Å². The molecule has 28 heavy (non-hydrogen) atoms. The molecule has 4 heteroatoms. The average Bonchev–Trinajstić information content (AvgIpc) is 2.67. The molecule has 4 nitrogen and oxygen atoms in total. The van der Waals surface area contributed by atoms with Crippen LogP contribution in [-0.4, -0.2) is 35.2 Å². The van der Waals surface area contributed by atoms with E-state index in [4.69, 9.17) is 0 Å². The van der Waals surface area contributed by atoms with Gasteiger partial charge in [0.05, 0.1) is 6.10 Å². The second-order valence-electron chi connectivity index (χ2n) is 7.90. The first kappa shape index (κ1) is 24.6. The summed E-state index contributed by atoms with van der Waals surface area (Å²) in [4.78, 5) is 12.2. The Bertz CT molecular complexity index is 493. The fraction of sp³-hybridized carbons (Fsp3) is 0.708. The molecule has 1 atom stereocenters. The third-order valence-corrected chi connectivity index (χ3v) is 5.03. The summed E-state index contributed by atoms with van der Waals surface area (Å²) >= 11 is 0. The van der Waals surface area contributed by atoms with E-state index in [0.717, 1.165) is 31.4 Å². The zero-order chi connectivity index (χ0) is 20.5. The van der Waals surface area contributed by atoms with Gasteiger partial charge in [-0.1, -0.05) is 95.5 Å². The first-order valence-corrected chi connectivity index (χ1v) is 11.4. The molecule has 1 unspecified atom stereocenters. The predicted molar refractivity (Wildman–Crippen MR) is 118 cm³/mol. The van der Waals surface area contributed by atoms with Gasteiger partial charge in [-0.3, -0.25) is 10.2 Å². The second-order valence-corrected chi connectivity index (χ2v) is 7.90. The highest BCUT2D eigenvalue weighted by Crippen LogP contribution is 2.10. The van der Waals surface area contributed by atoms with Crippen LogP contribution in [0, 0.1) is 0 Å². The van der Waals surface area contributed by atoms with Gasteiger partial charge in [0.2, 0.25) is 5.91 Å². The number of benzene rings is 1. The summed E-state index contributed by atoms with van der Waals surface area (Å²) in [6.07, 6.45) is 12.9. The number of nitrogens with zero attached hydrogens (tertiary/aromatic N) is 1. The Balaban J connectivity index is 2.17. The van der Waals surface area contributed by atoms with Crippen molar-refractivity contribution in [3.05, 3.63) is 35.9 Å². The summed E-state index contributed by atoms with van der Waals surface area (Å²) in [7, 11) is 0. The number of hydrogen-bond acceptors (Lipinski definition) is 3. The van der Waals surface area contributed by atoms with Crippen molar-refractivity contribution in [2.75, 3.05) is 13.1 Å². The first-order valence-electron chi connectivity index (χ1n) is 11.4. The van der Waals surface area contributed by atoms with Gasteiger partial charge in [-0.2, -0.15) is 0 Å². The van der Waals surface area contributed by atoms with E-state index in [1.807, 2.05) is 35.3 Å². The van der Waals surface area contributed by atoms with E-state index >= 15 is 0 Å². The summed E-state index contributed by atoms with van der Waals surface area (Å²) in [6.45, 7) is 5.56. The Morgan fingerprint density at radius 1 is 0.929 bits per heavy atom. The Morgan fingerprint density at radius 3 is 2.14 bits per heavy atom. The van der Waals surface area contributed by atoms with Crippen LogP contribution in [0.4, 0.5) is 0 Å². The predicted octanol–water partition coefficient (Wildman–Crippen LogP) is 5.25. The summed E-state index contributed by atoms with van der Waals surface area (Å²) in [6, 6.07) is 10.00. The number of unbranched alkanes of at least 4 members (excludes halogenated alkanes) is 8. The first-order chi connectivity index (χ1) is 13.7. The molecule has 0 fully saturated rings. The second kappa shape index (κ2) is 16.6. The topological polar surface area (TPSA) is 52.6 Å². The number of aliphatic hydroxyl groups excluding tert-OH is 1. The molecular weight excluding hydrogens is 348 g/mol. The zero-order valence-corrected chi connectivity index (χ0v) is 18.2. The van der Waals surface area contributed by atoms with Crippen molar-refractivity contribution < 1.29 is 9.90 Å². The van der Waals surface area contributed by atoms with E-state index in [1.54, 1.807) is 0 Å². The van der Waals surface area contributed by atoms with E-state index in [2.05, 4.69) is 19.3 Å². The highest BCUT2D eigenvalue weighted by Gasteiger charge is 2.14. The van der Waals surface area contributed by atoms with Crippen LogP contribution >= 0.6 is 0 Å². The molecule has 0 radical (unpaired) electrons. The lowest BCUT2D eigenvalue weighted by molar-refractivity contribution is -0.126. The molecule has 0 aromatic heterocycles. The van der Waals surface area contributed by atoms with Crippen LogP contribution in [-0.2, 0) is 11.2 Å². The molecule has 1 amide bonds. The fourth-order valence-corrected chi connectivity index (χ4v) is 3.50. The summed E-state index contributed by atoms with van der Waals surface area (Å²) in [5.41, 5.74) is 4.11. The summed E-state index contributed by atoms with van der Waals surface area (Å²) in [5, 5.41) is 12.2. The van der Waals surface area contributed by atoms with Gasteiger partial charge in [0.15, 0.2) is 0 Å². The number of aliphatic hydroxyl groups is 1. The minimum absolute atomic E-state index is 0.0725. The maximum atomic E-state index is 12.2. The van der Waals surface area contributed by atoms with Gasteiger partial charge in [-0.05, 0) is 24.8 Å². The maximum absolute atomic E-state index is 12.2. The number of carbonyl (C=O) groups excluding carboxylic acids is 1. The van der Waals surface area contributed by atoms with Crippen LogP contribution in [0.3, 0.4) is 0 Å². The van der Waals surface area contributed by atoms with Crippen LogP contribution in [0.15, 0.2) is 30.3 Å². The molecule has 1 aromatic rings. The molecule has 0 spiro atoms. The Morgan fingerprint density at radius 2 is 1.54 bits per heavy atom. The highest BCUT2D eigenvalue weighted by atomic mass is 16.3.